The molecule has 0 saturated heterocycles. The third-order valence-electron chi connectivity index (χ3n) is 40.0. The first kappa shape index (κ1) is 118. The van der Waals surface area contributed by atoms with Crippen molar-refractivity contribution in [3.8, 4) is 0 Å². The molecule has 139 heavy (non-hydrogen) atoms. The van der Waals surface area contributed by atoms with Crippen molar-refractivity contribution in [2.45, 2.75) is 397 Å². The molecule has 20 aliphatic carbocycles. The zero-order valence-corrected chi connectivity index (χ0v) is 103. The van der Waals surface area contributed by atoms with Gasteiger partial charge in [0.25, 0.3) is 0 Å². The van der Waals surface area contributed by atoms with E-state index < -0.39 is 39.8 Å². The van der Waals surface area contributed by atoms with Gasteiger partial charge < -0.3 is 50.2 Å². The van der Waals surface area contributed by atoms with Crippen LogP contribution in [0.3, 0.4) is 0 Å². The van der Waals surface area contributed by atoms with E-state index >= 15 is 0 Å². The van der Waals surface area contributed by atoms with Crippen molar-refractivity contribution < 1.29 is 74.2 Å². The molecule has 0 aromatic rings. The van der Waals surface area contributed by atoms with Crippen LogP contribution in [0.1, 0.15) is 297 Å². The van der Waals surface area contributed by atoms with E-state index in [1.165, 1.54) is 70.6 Å². The van der Waals surface area contributed by atoms with E-state index in [-0.39, 0.29) is 87.4 Å². The fourth-order valence-corrected chi connectivity index (χ4v) is 38.0. The standard InChI is InChI=1S/5C19H30O2.C7H18O3Si.C4H12O3Si.2C4H12Si.CH3Cl3Si/c4*1-9-10(2)13-8-12(9)16-11-6-14(17(13)16)15(7-11)18(20)21-19(3,4)5;1-18(2,3)21-17(20)12-9-10-8-11(12)16-14-7-6-13(15(10)16)19(14,4)5;1-5-8-11(4,9-6-2)10-7-3;1-5-8(4,6-2)7-3;3*1-5(2,3)4/h4*9-17H,6-8H2,1-5H3;10-16H,6-9H2,1-5H3;5-7H2,1-4H3;1-4H3;2*1-4H3;1H3. The number of ether oxygens (including phenoxy) is 5. The van der Waals surface area contributed by atoms with Crippen LogP contribution in [0.15, 0.2) is 0 Å². The second-order valence-corrected chi connectivity index (χ2v) is 85.8. The minimum Gasteiger partial charge on any atom is -0.460 e. The Balaban J connectivity index is 0.000000154. The van der Waals surface area contributed by atoms with E-state index in [9.17, 15) is 24.0 Å². The monoisotopic (exact) mass is 2090 g/mol. The quantitative estimate of drug-likeness (QED) is 0.0525. The summed E-state index contributed by atoms with van der Waals surface area (Å²) in [6.07, 6.45) is 20.8. The van der Waals surface area contributed by atoms with Crippen LogP contribution in [-0.2, 0) is 74.2 Å². The van der Waals surface area contributed by atoms with Gasteiger partial charge in [0.2, 0.25) is 0 Å². The Bertz CT molecular complexity index is 3680. The molecule has 0 heterocycles. The molecule has 0 aromatic heterocycles. The van der Waals surface area contributed by atoms with Gasteiger partial charge >= 0.3 is 53.5 Å². The number of carbonyl (C=O) groups is 5. The van der Waals surface area contributed by atoms with Crippen molar-refractivity contribution in [2.24, 2.45) is 260 Å². The Morgan fingerprint density at radius 3 is 0.597 bits per heavy atom. The third-order valence-corrected chi connectivity index (χ3v) is 44.7. The zero-order valence-electron chi connectivity index (χ0n) is 95.9. The second-order valence-electron chi connectivity index (χ2n) is 58.1. The van der Waals surface area contributed by atoms with Crippen LogP contribution in [-0.4, -0.2) is 139 Å². The van der Waals surface area contributed by atoms with Crippen LogP contribution in [0, 0.1) is 260 Å². The highest BCUT2D eigenvalue weighted by molar-refractivity contribution is 7.64. The molecule has 43 unspecified atom stereocenters. The largest absolute Gasteiger partial charge is 0.497 e. The van der Waals surface area contributed by atoms with E-state index in [4.69, 9.17) is 83.5 Å². The highest BCUT2D eigenvalue weighted by Gasteiger charge is 2.74. The molecule has 0 radical (unpaired) electrons. The van der Waals surface area contributed by atoms with Gasteiger partial charge in [-0.15, -0.1) is 33.2 Å². The van der Waals surface area contributed by atoms with Gasteiger partial charge in [0.1, 0.15) is 28.0 Å². The predicted octanol–water partition coefficient (Wildman–Crippen LogP) is 29.2. The van der Waals surface area contributed by atoms with Crippen LogP contribution in [0.2, 0.25) is 72.0 Å². The number of halogens is 3. The Morgan fingerprint density at radius 2 is 0.432 bits per heavy atom. The lowest BCUT2D eigenvalue weighted by atomic mass is 9.62. The highest BCUT2D eigenvalue weighted by Crippen LogP contribution is 2.78. The fraction of sp³-hybridized carbons (Fsp3) is 0.957. The molecule has 20 bridgehead atoms. The lowest BCUT2D eigenvalue weighted by molar-refractivity contribution is -0.165. The molecule has 0 spiro atoms. The van der Waals surface area contributed by atoms with Crippen molar-refractivity contribution in [3.63, 3.8) is 0 Å². The number of hydrogen-bond donors (Lipinski definition) is 0. The third kappa shape index (κ3) is 26.7. The molecular weight excluding hydrogens is 1880 g/mol. The minimum atomic E-state index is -2.25. The summed E-state index contributed by atoms with van der Waals surface area (Å²) in [6, 6.07) is -2.19. The topological polar surface area (TPSA) is 187 Å². The number of rotatable bonds is 14. The Labute approximate surface area is 868 Å². The number of esters is 5. The Hall–Kier alpha value is -0.936. The molecule has 20 rings (SSSR count). The molecule has 43 atom stereocenters. The molecule has 804 valence electrons. The zero-order chi connectivity index (χ0) is 104. The van der Waals surface area contributed by atoms with Crippen molar-refractivity contribution in [1.29, 1.82) is 0 Å². The van der Waals surface area contributed by atoms with Gasteiger partial charge in [-0.05, 0) is 464 Å². The lowest BCUT2D eigenvalue weighted by Crippen LogP contribution is -2.42. The number of fused-ring (bicyclic) bond motifs is 45. The molecule has 24 heteroatoms. The highest BCUT2D eigenvalue weighted by atomic mass is 35.8. The van der Waals surface area contributed by atoms with Crippen molar-refractivity contribution in [1.82, 2.24) is 0 Å². The molecule has 20 aliphatic rings. The summed E-state index contributed by atoms with van der Waals surface area (Å²) in [6.45, 7) is 86.3. The normalized spacial score (nSPS) is 43.1. The van der Waals surface area contributed by atoms with Gasteiger partial charge in [0.15, 0.2) is 0 Å². The summed E-state index contributed by atoms with van der Waals surface area (Å²) in [5, 5.41) is 0. The minimum absolute atomic E-state index is 0.0917. The van der Waals surface area contributed by atoms with Crippen LogP contribution >= 0.6 is 33.2 Å². The molecule has 0 amide bonds. The van der Waals surface area contributed by atoms with Crippen LogP contribution in [0.4, 0.5) is 0 Å². The van der Waals surface area contributed by atoms with Gasteiger partial charge in [-0.1, -0.05) is 122 Å². The average Bonchev–Trinajstić information content (AvgIpc) is 1.55. The number of hydrogen-bond acceptors (Lipinski definition) is 16. The van der Waals surface area contributed by atoms with Gasteiger partial charge in [-0.2, -0.15) is 0 Å². The van der Waals surface area contributed by atoms with Crippen LogP contribution in [0.5, 0.6) is 0 Å². The van der Waals surface area contributed by atoms with Crippen LogP contribution < -0.4 is 0 Å². The van der Waals surface area contributed by atoms with Crippen LogP contribution in [0.25, 0.3) is 0 Å². The van der Waals surface area contributed by atoms with E-state index in [0.717, 1.165) is 227 Å². The summed E-state index contributed by atoms with van der Waals surface area (Å²) < 4.78 is 59.6. The maximum Gasteiger partial charge on any atom is 0.497 e. The summed E-state index contributed by atoms with van der Waals surface area (Å²) in [7, 11) is -0.895. The molecule has 0 N–H and O–H groups in total. The molecular formula is C115H207Cl3O16Si5. The van der Waals surface area contributed by atoms with Gasteiger partial charge in [-0.25, -0.2) is 0 Å². The van der Waals surface area contributed by atoms with Gasteiger partial charge in [0, 0.05) is 70.4 Å². The maximum absolute atomic E-state index is 12.6. The second kappa shape index (κ2) is 44.4. The molecule has 0 aromatic carbocycles. The summed E-state index contributed by atoms with van der Waals surface area (Å²) >= 11 is 15.6. The molecule has 20 saturated carbocycles. The average molecular weight is 2090 g/mol. The first-order valence-corrected chi connectivity index (χ1v) is 74.4. The van der Waals surface area contributed by atoms with Crippen molar-refractivity contribution >= 4 is 103 Å². The summed E-state index contributed by atoms with van der Waals surface area (Å²) in [5.41, 5.74) is -1.17. The summed E-state index contributed by atoms with van der Waals surface area (Å²) in [4.78, 5) is 62.9. The van der Waals surface area contributed by atoms with E-state index in [2.05, 4.69) is 122 Å². The first-order valence-electron chi connectivity index (χ1n) is 56.5. The lowest BCUT2D eigenvalue weighted by Gasteiger charge is -2.43. The van der Waals surface area contributed by atoms with E-state index in [0.29, 0.717) is 54.8 Å². The fourth-order valence-electron chi connectivity index (χ4n) is 35.7. The first-order chi connectivity index (χ1) is 63.7. The number of carbonyl (C=O) groups excluding carboxylic acids is 5. The van der Waals surface area contributed by atoms with E-state index in [1.54, 1.807) is 27.9 Å². The van der Waals surface area contributed by atoms with Crippen molar-refractivity contribution in [2.75, 3.05) is 41.2 Å². The van der Waals surface area contributed by atoms with Gasteiger partial charge in [-0.3, -0.25) is 24.0 Å². The van der Waals surface area contributed by atoms with Gasteiger partial charge in [0.05, 0.1) is 29.6 Å². The van der Waals surface area contributed by atoms with E-state index in [1.807, 2.05) is 138 Å². The van der Waals surface area contributed by atoms with Crippen molar-refractivity contribution in [3.05, 3.63) is 0 Å². The molecule has 0 aliphatic heterocycles. The Morgan fingerprint density at radius 1 is 0.266 bits per heavy atom. The SMILES string of the molecule is CC(C)(C)OC(=O)C1CC2CC1C1C2C2CCC1C2(C)C.CC1C(C)C2CC1C1C3CC(C(=O)OC(C)(C)C)C(C3)C21.CC1C(C)C2CC1C1C3CC(C(=O)OC(C)(C)C)C(C3)C21.CC1C(C)C2CC1C1C3CC(C(=O)OC(C)(C)C)C(C3)C21.CC1C(C)C2CC1C1C3CC(C(=O)OC(C)(C)C)C(C3)C21.CCO[Si](C)(OCC)OCC.CO[Si](C)(OC)OC.C[Si](C)(C)C.C[Si](C)(C)C.C[Si](Cl)(Cl)Cl. The molecule has 16 nitrogen and oxygen atoms in total. The smallest absolute Gasteiger partial charge is 0.460 e. The molecule has 20 fully saturated rings. The maximum atomic E-state index is 12.6. The summed E-state index contributed by atoms with van der Waals surface area (Å²) in [5.74, 6) is 34.1. The predicted molar refractivity (Wildman–Crippen MR) is 579 cm³/mol. The Kier molecular flexibility index (Phi) is 37.8.